The standard InChI is InChI=1S/C21H29N5O/c1-4-25(5-2)21(27)20-16-18(10-11-22-20)23-17-6-8-19(9-7-17)26-14-12-24(3)13-15-26/h6-11,16H,4-5,12-15H2,1-3H3,(H,22,23). The average Bonchev–Trinajstić information content (AvgIpc) is 2.70. The number of benzene rings is 1. The third-order valence-corrected chi connectivity index (χ3v) is 5.05. The lowest BCUT2D eigenvalue weighted by molar-refractivity contribution is 0.0767. The number of pyridine rings is 1. The summed E-state index contributed by atoms with van der Waals surface area (Å²) in [5.41, 5.74) is 3.59. The molecule has 2 heterocycles. The van der Waals surface area contributed by atoms with Gasteiger partial charge in [-0.15, -0.1) is 0 Å². The highest BCUT2D eigenvalue weighted by Crippen LogP contribution is 2.22. The highest BCUT2D eigenvalue weighted by molar-refractivity contribution is 5.93. The van der Waals surface area contributed by atoms with Crippen molar-refractivity contribution in [3.05, 3.63) is 48.3 Å². The monoisotopic (exact) mass is 367 g/mol. The Bertz CT molecular complexity index is 749. The van der Waals surface area contributed by atoms with E-state index in [0.29, 0.717) is 18.8 Å². The van der Waals surface area contributed by atoms with Crippen LogP contribution in [-0.2, 0) is 0 Å². The smallest absolute Gasteiger partial charge is 0.272 e. The number of carbonyl (C=O) groups is 1. The zero-order valence-corrected chi connectivity index (χ0v) is 16.5. The molecule has 6 nitrogen and oxygen atoms in total. The minimum absolute atomic E-state index is 0.0333. The van der Waals surface area contributed by atoms with E-state index in [4.69, 9.17) is 0 Å². The van der Waals surface area contributed by atoms with E-state index in [1.54, 1.807) is 11.1 Å². The highest BCUT2D eigenvalue weighted by atomic mass is 16.2. The maximum atomic E-state index is 12.5. The lowest BCUT2D eigenvalue weighted by Crippen LogP contribution is -2.44. The molecule has 27 heavy (non-hydrogen) atoms. The van der Waals surface area contributed by atoms with Gasteiger partial charge in [-0.25, -0.2) is 0 Å². The van der Waals surface area contributed by atoms with E-state index in [1.807, 2.05) is 26.0 Å². The van der Waals surface area contributed by atoms with Gasteiger partial charge in [-0.1, -0.05) is 0 Å². The van der Waals surface area contributed by atoms with Crippen molar-refractivity contribution in [2.75, 3.05) is 56.5 Å². The van der Waals surface area contributed by atoms with Crippen LogP contribution in [0.5, 0.6) is 0 Å². The lowest BCUT2D eigenvalue weighted by Gasteiger charge is -2.34. The zero-order chi connectivity index (χ0) is 19.2. The van der Waals surface area contributed by atoms with Crippen molar-refractivity contribution in [3.8, 4) is 0 Å². The molecule has 144 valence electrons. The molecular weight excluding hydrogens is 338 g/mol. The third-order valence-electron chi connectivity index (χ3n) is 5.05. The molecule has 1 aromatic carbocycles. The second kappa shape index (κ2) is 8.86. The Kier molecular flexibility index (Phi) is 6.29. The van der Waals surface area contributed by atoms with Gasteiger partial charge in [-0.05, 0) is 57.3 Å². The molecule has 0 radical (unpaired) electrons. The molecule has 0 spiro atoms. The maximum Gasteiger partial charge on any atom is 0.272 e. The Hall–Kier alpha value is -2.60. The molecule has 6 heteroatoms. The van der Waals surface area contributed by atoms with Crippen molar-refractivity contribution in [2.24, 2.45) is 0 Å². The van der Waals surface area contributed by atoms with Crippen LogP contribution in [0.15, 0.2) is 42.6 Å². The number of rotatable bonds is 6. The van der Waals surface area contributed by atoms with E-state index in [9.17, 15) is 4.79 Å². The van der Waals surface area contributed by atoms with Crippen molar-refractivity contribution in [2.45, 2.75) is 13.8 Å². The van der Waals surface area contributed by atoms with Gasteiger partial charge in [0.1, 0.15) is 5.69 Å². The first-order valence-electron chi connectivity index (χ1n) is 9.66. The van der Waals surface area contributed by atoms with E-state index >= 15 is 0 Å². The fourth-order valence-corrected chi connectivity index (χ4v) is 3.28. The summed E-state index contributed by atoms with van der Waals surface area (Å²) in [6.45, 7) is 9.64. The van der Waals surface area contributed by atoms with E-state index in [1.165, 1.54) is 5.69 Å². The van der Waals surface area contributed by atoms with Gasteiger partial charge < -0.3 is 20.0 Å². The van der Waals surface area contributed by atoms with Crippen molar-refractivity contribution < 1.29 is 4.79 Å². The van der Waals surface area contributed by atoms with Crippen LogP contribution in [0, 0.1) is 0 Å². The maximum absolute atomic E-state index is 12.5. The first-order valence-corrected chi connectivity index (χ1v) is 9.66. The summed E-state index contributed by atoms with van der Waals surface area (Å²) < 4.78 is 0. The molecule has 1 aliphatic heterocycles. The summed E-state index contributed by atoms with van der Waals surface area (Å²) in [5, 5.41) is 3.37. The molecule has 2 aromatic rings. The molecule has 3 rings (SSSR count). The van der Waals surface area contributed by atoms with E-state index in [2.05, 4.69) is 51.4 Å². The summed E-state index contributed by atoms with van der Waals surface area (Å²) in [6, 6.07) is 12.2. The minimum Gasteiger partial charge on any atom is -0.369 e. The quantitative estimate of drug-likeness (QED) is 0.850. The molecule has 1 fully saturated rings. The van der Waals surface area contributed by atoms with E-state index in [-0.39, 0.29) is 5.91 Å². The SMILES string of the molecule is CCN(CC)C(=O)c1cc(Nc2ccc(N3CCN(C)CC3)cc2)ccn1. The van der Waals surface area contributed by atoms with Crippen LogP contribution < -0.4 is 10.2 Å². The summed E-state index contributed by atoms with van der Waals surface area (Å²) in [6.07, 6.45) is 1.68. The van der Waals surface area contributed by atoms with Crippen molar-refractivity contribution in [1.29, 1.82) is 0 Å². The van der Waals surface area contributed by atoms with Crippen molar-refractivity contribution in [1.82, 2.24) is 14.8 Å². The number of amides is 1. The second-order valence-electron chi connectivity index (χ2n) is 6.87. The van der Waals surface area contributed by atoms with Gasteiger partial charge in [-0.3, -0.25) is 9.78 Å². The molecular formula is C21H29N5O. The summed E-state index contributed by atoms with van der Waals surface area (Å²) >= 11 is 0. The largest absolute Gasteiger partial charge is 0.369 e. The van der Waals surface area contributed by atoms with E-state index in [0.717, 1.165) is 37.6 Å². The molecule has 1 N–H and O–H groups in total. The second-order valence-corrected chi connectivity index (χ2v) is 6.87. The van der Waals surface area contributed by atoms with Gasteiger partial charge >= 0.3 is 0 Å². The minimum atomic E-state index is -0.0333. The van der Waals surface area contributed by atoms with Gasteiger partial charge in [0.15, 0.2) is 0 Å². The zero-order valence-electron chi connectivity index (χ0n) is 16.5. The molecule has 1 amide bonds. The highest BCUT2D eigenvalue weighted by Gasteiger charge is 2.15. The molecule has 0 saturated carbocycles. The van der Waals surface area contributed by atoms with Gasteiger partial charge in [0.05, 0.1) is 0 Å². The predicted octanol–water partition coefficient (Wildman–Crippen LogP) is 3.06. The van der Waals surface area contributed by atoms with Crippen molar-refractivity contribution >= 4 is 23.0 Å². The fraction of sp³-hybridized carbons (Fsp3) is 0.429. The molecule has 1 aromatic heterocycles. The van der Waals surface area contributed by atoms with Crippen LogP contribution in [0.4, 0.5) is 17.1 Å². The van der Waals surface area contributed by atoms with Gasteiger partial charge in [0, 0.05) is 62.5 Å². The molecule has 1 aliphatic rings. The van der Waals surface area contributed by atoms with Gasteiger partial charge in [0.25, 0.3) is 5.91 Å². The number of carbonyl (C=O) groups excluding carboxylic acids is 1. The third kappa shape index (κ3) is 4.77. The Morgan fingerprint density at radius 3 is 2.33 bits per heavy atom. The number of nitrogens with zero attached hydrogens (tertiary/aromatic N) is 4. The number of anilines is 3. The number of hydrogen-bond acceptors (Lipinski definition) is 5. The number of aromatic nitrogens is 1. The molecule has 0 bridgehead atoms. The normalized spacial score (nSPS) is 14.9. The fourth-order valence-electron chi connectivity index (χ4n) is 3.28. The molecule has 0 atom stereocenters. The predicted molar refractivity (Wildman–Crippen MR) is 111 cm³/mol. The van der Waals surface area contributed by atoms with Crippen LogP contribution in [0.2, 0.25) is 0 Å². The van der Waals surface area contributed by atoms with Gasteiger partial charge in [0.2, 0.25) is 0 Å². The molecule has 0 aliphatic carbocycles. The number of hydrogen-bond donors (Lipinski definition) is 1. The first-order chi connectivity index (χ1) is 13.1. The Morgan fingerprint density at radius 2 is 1.70 bits per heavy atom. The van der Waals surface area contributed by atoms with Crippen LogP contribution in [-0.4, -0.2) is 67.0 Å². The van der Waals surface area contributed by atoms with Crippen LogP contribution in [0.25, 0.3) is 0 Å². The molecule has 1 saturated heterocycles. The number of likely N-dealkylation sites (N-methyl/N-ethyl adjacent to an activating group) is 1. The molecule has 0 unspecified atom stereocenters. The van der Waals surface area contributed by atoms with Crippen LogP contribution >= 0.6 is 0 Å². The Balaban J connectivity index is 1.67. The first kappa shape index (κ1) is 19.2. The number of piperazine rings is 1. The lowest BCUT2D eigenvalue weighted by atomic mass is 10.2. The average molecular weight is 367 g/mol. The summed E-state index contributed by atoms with van der Waals surface area (Å²) in [5.74, 6) is -0.0333. The Labute approximate surface area is 161 Å². The summed E-state index contributed by atoms with van der Waals surface area (Å²) in [7, 11) is 2.16. The Morgan fingerprint density at radius 1 is 1.04 bits per heavy atom. The van der Waals surface area contributed by atoms with Crippen LogP contribution in [0.3, 0.4) is 0 Å². The topological polar surface area (TPSA) is 51.7 Å². The van der Waals surface area contributed by atoms with E-state index < -0.39 is 0 Å². The van der Waals surface area contributed by atoms with Crippen LogP contribution in [0.1, 0.15) is 24.3 Å². The van der Waals surface area contributed by atoms with Crippen molar-refractivity contribution in [3.63, 3.8) is 0 Å². The number of nitrogens with one attached hydrogen (secondary N) is 1. The van der Waals surface area contributed by atoms with Gasteiger partial charge in [-0.2, -0.15) is 0 Å². The summed E-state index contributed by atoms with van der Waals surface area (Å²) in [4.78, 5) is 23.3.